The number of anilines is 1. The second kappa shape index (κ2) is 9.23. The minimum absolute atomic E-state index is 0.181. The zero-order valence-electron chi connectivity index (χ0n) is 15.4. The molecule has 0 bridgehead atoms. The van der Waals surface area contributed by atoms with Crippen LogP contribution in [-0.4, -0.2) is 44.6 Å². The number of carbonyl (C=O) groups is 1. The number of hydrogen-bond donors (Lipinski definition) is 1. The highest BCUT2D eigenvalue weighted by Crippen LogP contribution is 2.25. The first-order chi connectivity index (χ1) is 13.5. The number of hydrogen-bond acceptors (Lipinski definition) is 4. The molecule has 0 atom stereocenters. The summed E-state index contributed by atoms with van der Waals surface area (Å²) in [6, 6.07) is 10.3. The van der Waals surface area contributed by atoms with E-state index in [0.717, 1.165) is 13.0 Å². The molecule has 2 heterocycles. The summed E-state index contributed by atoms with van der Waals surface area (Å²) in [5, 5.41) is 8.01. The third-order valence-corrected chi connectivity index (χ3v) is 4.78. The Balaban J connectivity index is 1.63. The maximum Gasteiger partial charge on any atom is 0.350 e. The quantitative estimate of drug-likeness (QED) is 0.606. The van der Waals surface area contributed by atoms with Crippen LogP contribution in [0.4, 0.5) is 5.69 Å². The van der Waals surface area contributed by atoms with Gasteiger partial charge in [-0.15, -0.1) is 5.10 Å². The van der Waals surface area contributed by atoms with Crippen molar-refractivity contribution in [2.45, 2.75) is 19.9 Å². The van der Waals surface area contributed by atoms with Crippen molar-refractivity contribution in [3.63, 3.8) is 0 Å². The van der Waals surface area contributed by atoms with Gasteiger partial charge in [0.1, 0.15) is 0 Å². The van der Waals surface area contributed by atoms with Crippen molar-refractivity contribution in [1.29, 1.82) is 0 Å². The van der Waals surface area contributed by atoms with Crippen LogP contribution < -0.4 is 11.0 Å². The van der Waals surface area contributed by atoms with E-state index in [1.807, 2.05) is 17.9 Å². The number of rotatable bonds is 8. The Morgan fingerprint density at radius 3 is 2.75 bits per heavy atom. The van der Waals surface area contributed by atoms with Gasteiger partial charge in [0.2, 0.25) is 5.91 Å². The van der Waals surface area contributed by atoms with E-state index in [-0.39, 0.29) is 18.1 Å². The molecule has 0 radical (unpaired) electrons. The maximum absolute atomic E-state index is 12.4. The molecule has 0 saturated carbocycles. The fourth-order valence-electron chi connectivity index (χ4n) is 2.92. The normalized spacial score (nSPS) is 11.3. The highest BCUT2D eigenvalue weighted by Gasteiger charge is 2.13. The van der Waals surface area contributed by atoms with Gasteiger partial charge in [-0.2, -0.15) is 0 Å². The first-order valence-corrected chi connectivity index (χ1v) is 9.75. The molecular formula is C19H21Cl2N5O2. The van der Waals surface area contributed by atoms with Crippen LogP contribution in [0.25, 0.3) is 5.65 Å². The van der Waals surface area contributed by atoms with Crippen molar-refractivity contribution in [2.24, 2.45) is 0 Å². The smallest absolute Gasteiger partial charge is 0.324 e. The zero-order chi connectivity index (χ0) is 20.1. The summed E-state index contributed by atoms with van der Waals surface area (Å²) in [5.74, 6) is -0.181. The van der Waals surface area contributed by atoms with Gasteiger partial charge in [0, 0.05) is 17.8 Å². The van der Waals surface area contributed by atoms with Crippen LogP contribution in [0, 0.1) is 0 Å². The number of benzene rings is 1. The Hall–Kier alpha value is -2.35. The number of amides is 1. The van der Waals surface area contributed by atoms with Crippen LogP contribution in [0.1, 0.15) is 13.3 Å². The SMILES string of the molecule is CCCN(CCn1nc2ccccn2c1=O)CC(=O)Nc1ccc(Cl)cc1Cl. The number of pyridine rings is 1. The number of fused-ring (bicyclic) bond motifs is 1. The third kappa shape index (κ3) is 4.92. The molecule has 0 aliphatic heterocycles. The Morgan fingerprint density at radius 2 is 2.04 bits per heavy atom. The Labute approximate surface area is 172 Å². The van der Waals surface area contributed by atoms with E-state index in [4.69, 9.17) is 23.2 Å². The largest absolute Gasteiger partial charge is 0.350 e. The van der Waals surface area contributed by atoms with Crippen LogP contribution in [0.15, 0.2) is 47.4 Å². The van der Waals surface area contributed by atoms with Gasteiger partial charge in [0.15, 0.2) is 5.65 Å². The predicted octanol–water partition coefficient (Wildman–Crippen LogP) is 3.15. The van der Waals surface area contributed by atoms with Crippen molar-refractivity contribution in [1.82, 2.24) is 19.1 Å². The van der Waals surface area contributed by atoms with E-state index >= 15 is 0 Å². The highest BCUT2D eigenvalue weighted by molar-refractivity contribution is 6.36. The monoisotopic (exact) mass is 421 g/mol. The van der Waals surface area contributed by atoms with Gasteiger partial charge in [0.25, 0.3) is 0 Å². The number of aromatic nitrogens is 3. The van der Waals surface area contributed by atoms with Crippen LogP contribution in [0.3, 0.4) is 0 Å². The Morgan fingerprint density at radius 1 is 1.21 bits per heavy atom. The molecule has 0 unspecified atom stereocenters. The number of nitrogens with zero attached hydrogens (tertiary/aromatic N) is 4. The van der Waals surface area contributed by atoms with Gasteiger partial charge in [-0.25, -0.2) is 9.48 Å². The van der Waals surface area contributed by atoms with Crippen molar-refractivity contribution in [3.05, 3.63) is 63.1 Å². The maximum atomic E-state index is 12.4. The summed E-state index contributed by atoms with van der Waals surface area (Å²) in [4.78, 5) is 26.8. The summed E-state index contributed by atoms with van der Waals surface area (Å²) in [6.07, 6.45) is 2.57. The number of halogens is 2. The summed E-state index contributed by atoms with van der Waals surface area (Å²) < 4.78 is 2.92. The molecule has 1 amide bonds. The molecule has 9 heteroatoms. The lowest BCUT2D eigenvalue weighted by atomic mass is 10.3. The van der Waals surface area contributed by atoms with E-state index < -0.39 is 0 Å². The average molecular weight is 422 g/mol. The lowest BCUT2D eigenvalue weighted by molar-refractivity contribution is -0.117. The van der Waals surface area contributed by atoms with Crippen molar-refractivity contribution >= 4 is 40.4 Å². The highest BCUT2D eigenvalue weighted by atomic mass is 35.5. The molecule has 7 nitrogen and oxygen atoms in total. The molecule has 0 fully saturated rings. The number of nitrogens with one attached hydrogen (secondary N) is 1. The van der Waals surface area contributed by atoms with Crippen LogP contribution in [0.5, 0.6) is 0 Å². The second-order valence-electron chi connectivity index (χ2n) is 6.38. The molecule has 1 N–H and O–H groups in total. The molecule has 0 aliphatic rings. The fraction of sp³-hybridized carbons (Fsp3) is 0.316. The molecule has 148 valence electrons. The summed E-state index contributed by atoms with van der Waals surface area (Å²) in [6.45, 7) is 3.88. The molecule has 3 rings (SSSR count). The summed E-state index contributed by atoms with van der Waals surface area (Å²) in [5.41, 5.74) is 0.929. The van der Waals surface area contributed by atoms with E-state index in [1.54, 1.807) is 36.5 Å². The van der Waals surface area contributed by atoms with E-state index in [1.165, 1.54) is 9.08 Å². The summed E-state index contributed by atoms with van der Waals surface area (Å²) >= 11 is 12.0. The van der Waals surface area contributed by atoms with Crippen LogP contribution in [0.2, 0.25) is 10.0 Å². The lowest BCUT2D eigenvalue weighted by Crippen LogP contribution is -2.37. The van der Waals surface area contributed by atoms with Gasteiger partial charge in [0.05, 0.1) is 23.8 Å². The van der Waals surface area contributed by atoms with Gasteiger partial charge < -0.3 is 5.32 Å². The van der Waals surface area contributed by atoms with Crippen molar-refractivity contribution in [2.75, 3.05) is 25.0 Å². The second-order valence-corrected chi connectivity index (χ2v) is 7.23. The Kier molecular flexibility index (Phi) is 6.72. The topological polar surface area (TPSA) is 71.6 Å². The molecule has 0 aliphatic carbocycles. The number of carbonyl (C=O) groups excluding carboxylic acids is 1. The fourth-order valence-corrected chi connectivity index (χ4v) is 3.38. The molecular weight excluding hydrogens is 401 g/mol. The molecule has 0 saturated heterocycles. The zero-order valence-corrected chi connectivity index (χ0v) is 17.0. The van der Waals surface area contributed by atoms with E-state index in [0.29, 0.717) is 34.5 Å². The van der Waals surface area contributed by atoms with Gasteiger partial charge in [-0.3, -0.25) is 14.1 Å². The van der Waals surface area contributed by atoms with Crippen molar-refractivity contribution in [3.8, 4) is 0 Å². The third-order valence-electron chi connectivity index (χ3n) is 4.23. The molecule has 0 spiro atoms. The minimum Gasteiger partial charge on any atom is -0.324 e. The summed E-state index contributed by atoms with van der Waals surface area (Å²) in [7, 11) is 0. The lowest BCUT2D eigenvalue weighted by Gasteiger charge is -2.21. The predicted molar refractivity (Wildman–Crippen MR) is 111 cm³/mol. The van der Waals surface area contributed by atoms with Crippen LogP contribution >= 0.6 is 23.2 Å². The molecule has 1 aromatic carbocycles. The van der Waals surface area contributed by atoms with Gasteiger partial charge in [-0.1, -0.05) is 36.2 Å². The molecule has 3 aromatic rings. The Bertz CT molecular complexity index is 1030. The van der Waals surface area contributed by atoms with Gasteiger partial charge >= 0.3 is 5.69 Å². The van der Waals surface area contributed by atoms with Crippen LogP contribution in [-0.2, 0) is 11.3 Å². The molecule has 2 aromatic heterocycles. The minimum atomic E-state index is -0.190. The van der Waals surface area contributed by atoms with Crippen molar-refractivity contribution < 1.29 is 4.79 Å². The van der Waals surface area contributed by atoms with E-state index in [2.05, 4.69) is 10.4 Å². The van der Waals surface area contributed by atoms with E-state index in [9.17, 15) is 9.59 Å². The first-order valence-electron chi connectivity index (χ1n) is 8.99. The van der Waals surface area contributed by atoms with Gasteiger partial charge in [-0.05, 0) is 43.3 Å². The first kappa shape index (κ1) is 20.4. The molecule has 28 heavy (non-hydrogen) atoms. The standard InChI is InChI=1S/C19H21Cl2N5O2/c1-2-8-24(13-18(27)22-16-7-6-14(20)12-15(16)21)10-11-26-19(28)25-9-4-3-5-17(25)23-26/h3-7,9,12H,2,8,10-11,13H2,1H3,(H,22,27). The average Bonchev–Trinajstić information content (AvgIpc) is 2.98.